The highest BCUT2D eigenvalue weighted by molar-refractivity contribution is 8.00. The van der Waals surface area contributed by atoms with E-state index < -0.39 is 17.1 Å². The van der Waals surface area contributed by atoms with Crippen molar-refractivity contribution in [1.82, 2.24) is 24.0 Å². The molecule has 0 bridgehead atoms. The van der Waals surface area contributed by atoms with Crippen molar-refractivity contribution >= 4 is 34.4 Å². The molecule has 190 valence electrons. The van der Waals surface area contributed by atoms with Crippen LogP contribution >= 0.6 is 11.8 Å². The molecule has 2 aromatic carbocycles. The minimum absolute atomic E-state index is 0.0607. The van der Waals surface area contributed by atoms with Crippen molar-refractivity contribution in [3.63, 3.8) is 0 Å². The first kappa shape index (κ1) is 24.7. The third-order valence-corrected chi connectivity index (χ3v) is 7.42. The Balaban J connectivity index is 1.42. The van der Waals surface area contributed by atoms with E-state index in [4.69, 9.17) is 0 Å². The van der Waals surface area contributed by atoms with E-state index in [9.17, 15) is 18.8 Å². The maximum atomic E-state index is 13.5. The van der Waals surface area contributed by atoms with Crippen molar-refractivity contribution in [1.29, 1.82) is 0 Å². The average Bonchev–Trinajstić information content (AvgIpc) is 2.94. The van der Waals surface area contributed by atoms with Gasteiger partial charge in [0.1, 0.15) is 16.2 Å². The van der Waals surface area contributed by atoms with Crippen molar-refractivity contribution in [2.24, 2.45) is 14.1 Å². The zero-order valence-corrected chi connectivity index (χ0v) is 21.2. The number of benzene rings is 2. The minimum atomic E-state index is -0.532. The molecule has 0 N–H and O–H groups in total. The van der Waals surface area contributed by atoms with Gasteiger partial charge < -0.3 is 9.80 Å². The molecule has 5 rings (SSSR count). The summed E-state index contributed by atoms with van der Waals surface area (Å²) in [6.45, 7) is 2.65. The number of aromatic nitrogens is 4. The van der Waals surface area contributed by atoms with E-state index >= 15 is 0 Å². The van der Waals surface area contributed by atoms with Crippen LogP contribution in [0.15, 0.2) is 69.2 Å². The summed E-state index contributed by atoms with van der Waals surface area (Å²) in [4.78, 5) is 51.7. The number of carbonyl (C=O) groups excluding carboxylic acids is 1. The zero-order valence-electron chi connectivity index (χ0n) is 20.4. The number of rotatable bonds is 5. The van der Waals surface area contributed by atoms with Crippen molar-refractivity contribution in [3.05, 3.63) is 81.3 Å². The summed E-state index contributed by atoms with van der Waals surface area (Å²) in [6.07, 6.45) is 0. The number of anilines is 1. The summed E-state index contributed by atoms with van der Waals surface area (Å²) < 4.78 is 15.8. The van der Waals surface area contributed by atoms with E-state index in [1.807, 2.05) is 23.1 Å². The zero-order chi connectivity index (χ0) is 26.1. The number of thioether (sulfide) groups is 1. The van der Waals surface area contributed by atoms with E-state index in [1.54, 1.807) is 0 Å². The normalized spacial score (nSPS) is 13.8. The van der Waals surface area contributed by atoms with E-state index in [0.29, 0.717) is 23.7 Å². The van der Waals surface area contributed by atoms with Crippen LogP contribution in [-0.2, 0) is 18.9 Å². The van der Waals surface area contributed by atoms with Gasteiger partial charge in [0.2, 0.25) is 5.91 Å². The number of hydrogen-bond acceptors (Lipinski definition) is 7. The van der Waals surface area contributed by atoms with Gasteiger partial charge in [-0.05, 0) is 36.4 Å². The maximum absolute atomic E-state index is 13.5. The molecular weight excluding hydrogens is 495 g/mol. The fraction of sp³-hybridized carbons (Fsp3) is 0.269. The lowest BCUT2D eigenvalue weighted by molar-refractivity contribution is -0.128. The fourth-order valence-corrected chi connectivity index (χ4v) is 5.25. The Bertz CT molecular complexity index is 1580. The minimum Gasteiger partial charge on any atom is -0.368 e. The second-order valence-corrected chi connectivity index (χ2v) is 9.72. The van der Waals surface area contributed by atoms with Crippen LogP contribution in [0.2, 0.25) is 0 Å². The summed E-state index contributed by atoms with van der Waals surface area (Å²) in [5.74, 6) is -0.151. The highest BCUT2D eigenvalue weighted by atomic mass is 32.2. The van der Waals surface area contributed by atoms with Crippen LogP contribution in [0.3, 0.4) is 0 Å². The molecule has 0 aliphatic carbocycles. The van der Waals surface area contributed by atoms with Crippen molar-refractivity contribution < 1.29 is 9.18 Å². The molecule has 2 aromatic heterocycles. The van der Waals surface area contributed by atoms with Gasteiger partial charge >= 0.3 is 5.69 Å². The lowest BCUT2D eigenvalue weighted by atomic mass is 10.2. The monoisotopic (exact) mass is 520 g/mol. The summed E-state index contributed by atoms with van der Waals surface area (Å²) in [5, 5.41) is 0.471. The average molecular weight is 521 g/mol. The molecular formula is C26H25FN6O3S. The number of para-hydroxylation sites is 1. The molecule has 9 nitrogen and oxygen atoms in total. The van der Waals surface area contributed by atoms with Gasteiger partial charge in [-0.3, -0.25) is 18.7 Å². The van der Waals surface area contributed by atoms with E-state index in [1.165, 1.54) is 42.9 Å². The molecule has 0 spiro atoms. The second-order valence-electron chi connectivity index (χ2n) is 8.76. The molecule has 37 heavy (non-hydrogen) atoms. The molecule has 4 aromatic rings. The third-order valence-electron chi connectivity index (χ3n) is 6.46. The molecule has 1 aliphatic rings. The number of nitrogens with zero attached hydrogens (tertiary/aromatic N) is 6. The maximum Gasteiger partial charge on any atom is 0.332 e. The number of amides is 1. The molecule has 1 amide bonds. The molecule has 11 heteroatoms. The van der Waals surface area contributed by atoms with Crippen molar-refractivity contribution in [3.8, 4) is 11.4 Å². The molecule has 1 saturated heterocycles. The quantitative estimate of drug-likeness (QED) is 0.294. The number of carbonyl (C=O) groups is 1. The van der Waals surface area contributed by atoms with Crippen molar-refractivity contribution in [2.45, 2.75) is 5.03 Å². The smallest absolute Gasteiger partial charge is 0.332 e. The Morgan fingerprint density at radius 2 is 1.59 bits per heavy atom. The van der Waals surface area contributed by atoms with E-state index in [0.717, 1.165) is 35.1 Å². The van der Waals surface area contributed by atoms with Crippen LogP contribution < -0.4 is 16.1 Å². The highest BCUT2D eigenvalue weighted by Crippen LogP contribution is 2.27. The molecule has 0 saturated carbocycles. The van der Waals surface area contributed by atoms with E-state index in [-0.39, 0.29) is 28.5 Å². The van der Waals surface area contributed by atoms with Gasteiger partial charge in [-0.15, -0.1) is 0 Å². The molecule has 1 fully saturated rings. The Morgan fingerprint density at radius 1 is 0.919 bits per heavy atom. The van der Waals surface area contributed by atoms with Crippen LogP contribution in [-0.4, -0.2) is 61.8 Å². The lowest BCUT2D eigenvalue weighted by Gasteiger charge is -2.36. The summed E-state index contributed by atoms with van der Waals surface area (Å²) in [5.41, 5.74) is 0.765. The third kappa shape index (κ3) is 4.86. The number of fused-ring (bicyclic) bond motifs is 1. The first-order valence-corrected chi connectivity index (χ1v) is 12.8. The second kappa shape index (κ2) is 10.2. The number of aryl methyl sites for hydroxylation is 1. The van der Waals surface area contributed by atoms with Gasteiger partial charge in [0, 0.05) is 51.5 Å². The van der Waals surface area contributed by atoms with Gasteiger partial charge in [-0.1, -0.05) is 30.0 Å². The SMILES string of the molecule is Cn1c(=O)c2c(SCC(=O)N3CCN(c4ccccc4)CC3)nc(-c3ccc(F)cc3)nc2n(C)c1=O. The van der Waals surface area contributed by atoms with Crippen LogP contribution in [0.4, 0.5) is 10.1 Å². The predicted molar refractivity (Wildman–Crippen MR) is 141 cm³/mol. The Morgan fingerprint density at radius 3 is 2.27 bits per heavy atom. The standard InChI is InChI=1S/C26H25FN6O3S/c1-30-23-21(25(35)31(2)26(30)36)24(29-22(28-23)17-8-10-18(27)11-9-17)37-16-20(34)33-14-12-32(13-15-33)19-6-4-3-5-7-19/h3-11H,12-16H2,1-2H3. The van der Waals surface area contributed by atoms with Crippen LogP contribution in [0, 0.1) is 5.82 Å². The molecule has 0 unspecified atom stereocenters. The van der Waals surface area contributed by atoms with Crippen LogP contribution in [0.1, 0.15) is 0 Å². The number of piperazine rings is 1. The van der Waals surface area contributed by atoms with Crippen LogP contribution in [0.25, 0.3) is 22.4 Å². The predicted octanol–water partition coefficient (Wildman–Crippen LogP) is 2.27. The summed E-state index contributed by atoms with van der Waals surface area (Å²) in [6, 6.07) is 15.7. The van der Waals surface area contributed by atoms with Gasteiger partial charge in [0.25, 0.3) is 5.56 Å². The Labute approximate surface area is 216 Å². The first-order valence-electron chi connectivity index (χ1n) is 11.8. The lowest BCUT2D eigenvalue weighted by Crippen LogP contribution is -2.49. The molecule has 0 atom stereocenters. The van der Waals surface area contributed by atoms with Gasteiger partial charge in [-0.2, -0.15) is 0 Å². The summed E-state index contributed by atoms with van der Waals surface area (Å²) in [7, 11) is 2.92. The van der Waals surface area contributed by atoms with Gasteiger partial charge in [0.15, 0.2) is 11.5 Å². The topological polar surface area (TPSA) is 93.3 Å². The molecule has 0 radical (unpaired) electrons. The van der Waals surface area contributed by atoms with Gasteiger partial charge in [0.05, 0.1) is 5.75 Å². The number of hydrogen-bond donors (Lipinski definition) is 0. The Kier molecular flexibility index (Phi) is 6.79. The van der Waals surface area contributed by atoms with Crippen LogP contribution in [0.5, 0.6) is 0 Å². The molecule has 1 aliphatic heterocycles. The fourth-order valence-electron chi connectivity index (χ4n) is 4.34. The summed E-state index contributed by atoms with van der Waals surface area (Å²) >= 11 is 1.14. The van der Waals surface area contributed by atoms with Crippen molar-refractivity contribution in [2.75, 3.05) is 36.8 Å². The molecule has 3 heterocycles. The highest BCUT2D eigenvalue weighted by Gasteiger charge is 2.23. The van der Waals surface area contributed by atoms with E-state index in [2.05, 4.69) is 27.0 Å². The largest absolute Gasteiger partial charge is 0.368 e. The van der Waals surface area contributed by atoms with Gasteiger partial charge in [-0.25, -0.2) is 19.2 Å². The number of halogens is 1. The first-order chi connectivity index (χ1) is 17.8. The Hall–Kier alpha value is -3.99.